The van der Waals surface area contributed by atoms with Gasteiger partial charge in [0.2, 0.25) is 5.91 Å². The fraction of sp³-hybridized carbons (Fsp3) is 0.438. The summed E-state index contributed by atoms with van der Waals surface area (Å²) < 4.78 is 2.10. The van der Waals surface area contributed by atoms with Crippen molar-refractivity contribution in [2.24, 2.45) is 7.05 Å². The number of benzene rings is 1. The average molecular weight is 271 g/mol. The fourth-order valence-electron chi connectivity index (χ4n) is 2.90. The molecule has 2 aromatic rings. The van der Waals surface area contributed by atoms with E-state index in [4.69, 9.17) is 0 Å². The largest absolute Gasteiger partial charge is 0.350 e. The van der Waals surface area contributed by atoms with E-state index in [-0.39, 0.29) is 5.91 Å². The van der Waals surface area contributed by atoms with Gasteiger partial charge in [0.15, 0.2) is 0 Å². The van der Waals surface area contributed by atoms with E-state index in [9.17, 15) is 4.79 Å². The first-order valence-corrected chi connectivity index (χ1v) is 7.14. The molecule has 0 aliphatic carbocycles. The van der Waals surface area contributed by atoms with Gasteiger partial charge in [0, 0.05) is 50.3 Å². The number of aryl methyl sites for hydroxylation is 1. The Hall–Kier alpha value is -1.81. The normalized spacial score (nSPS) is 16.8. The predicted octanol–water partition coefficient (Wildman–Crippen LogP) is 1.49. The lowest BCUT2D eigenvalue weighted by molar-refractivity contribution is -0.132. The molecule has 3 rings (SSSR count). The molecule has 0 unspecified atom stereocenters. The lowest BCUT2D eigenvalue weighted by Crippen LogP contribution is -2.47. The van der Waals surface area contributed by atoms with Crippen molar-refractivity contribution in [1.29, 1.82) is 0 Å². The molecular formula is C16H21N3O. The Bertz CT molecular complexity index is 624. The molecule has 0 saturated carbocycles. The monoisotopic (exact) mass is 271 g/mol. The van der Waals surface area contributed by atoms with Gasteiger partial charge in [-0.2, -0.15) is 0 Å². The second-order valence-electron chi connectivity index (χ2n) is 5.64. The van der Waals surface area contributed by atoms with Crippen LogP contribution < -0.4 is 0 Å². The van der Waals surface area contributed by atoms with Gasteiger partial charge in [0.05, 0.1) is 6.42 Å². The van der Waals surface area contributed by atoms with Crippen LogP contribution in [0.25, 0.3) is 10.9 Å². The summed E-state index contributed by atoms with van der Waals surface area (Å²) in [4.78, 5) is 16.7. The molecule has 1 aliphatic rings. The van der Waals surface area contributed by atoms with Gasteiger partial charge in [0.1, 0.15) is 0 Å². The van der Waals surface area contributed by atoms with Gasteiger partial charge in [0.25, 0.3) is 0 Å². The van der Waals surface area contributed by atoms with Gasteiger partial charge in [-0.15, -0.1) is 0 Å². The van der Waals surface area contributed by atoms with Crippen LogP contribution in [0.15, 0.2) is 30.5 Å². The van der Waals surface area contributed by atoms with Crippen molar-refractivity contribution < 1.29 is 4.79 Å². The molecule has 0 radical (unpaired) electrons. The number of hydrogen-bond acceptors (Lipinski definition) is 2. The molecule has 4 heteroatoms. The van der Waals surface area contributed by atoms with Crippen LogP contribution in [0, 0.1) is 0 Å². The number of rotatable bonds is 2. The minimum atomic E-state index is 0.245. The number of likely N-dealkylation sites (N-methyl/N-ethyl adjacent to an activating group) is 1. The van der Waals surface area contributed by atoms with Gasteiger partial charge in [-0.3, -0.25) is 4.79 Å². The standard InChI is InChI=1S/C16H21N3O/c1-17-7-9-19(10-8-17)16(20)11-13-12-18(2)15-6-4-3-5-14(13)15/h3-6,12H,7-11H2,1-2H3. The summed E-state index contributed by atoms with van der Waals surface area (Å²) in [7, 11) is 4.14. The Morgan fingerprint density at radius 2 is 1.80 bits per heavy atom. The van der Waals surface area contributed by atoms with E-state index in [0.29, 0.717) is 6.42 Å². The van der Waals surface area contributed by atoms with Gasteiger partial charge >= 0.3 is 0 Å². The maximum absolute atomic E-state index is 12.4. The third-order valence-corrected chi connectivity index (χ3v) is 4.18. The summed E-state index contributed by atoms with van der Waals surface area (Å²) in [6.45, 7) is 3.64. The Morgan fingerprint density at radius 3 is 2.55 bits per heavy atom. The minimum absolute atomic E-state index is 0.245. The van der Waals surface area contributed by atoms with Crippen LogP contribution in [-0.2, 0) is 18.3 Å². The zero-order valence-corrected chi connectivity index (χ0v) is 12.2. The predicted molar refractivity (Wildman–Crippen MR) is 80.7 cm³/mol. The average Bonchev–Trinajstić information content (AvgIpc) is 2.77. The van der Waals surface area contributed by atoms with E-state index in [1.54, 1.807) is 0 Å². The number of carbonyl (C=O) groups is 1. The van der Waals surface area contributed by atoms with Crippen molar-refractivity contribution in [2.75, 3.05) is 33.2 Å². The number of hydrogen-bond donors (Lipinski definition) is 0. The Labute approximate surface area is 119 Å². The molecule has 1 aliphatic heterocycles. The topological polar surface area (TPSA) is 28.5 Å². The number of fused-ring (bicyclic) bond motifs is 1. The smallest absolute Gasteiger partial charge is 0.227 e. The molecule has 2 heterocycles. The first-order valence-electron chi connectivity index (χ1n) is 7.14. The van der Waals surface area contributed by atoms with Crippen LogP contribution in [-0.4, -0.2) is 53.5 Å². The van der Waals surface area contributed by atoms with E-state index in [0.717, 1.165) is 31.7 Å². The zero-order valence-electron chi connectivity index (χ0n) is 12.2. The van der Waals surface area contributed by atoms with Crippen LogP contribution in [0.1, 0.15) is 5.56 Å². The zero-order chi connectivity index (χ0) is 14.1. The molecular weight excluding hydrogens is 250 g/mol. The Kier molecular flexibility index (Phi) is 3.49. The van der Waals surface area contributed by atoms with E-state index >= 15 is 0 Å². The number of para-hydroxylation sites is 1. The number of nitrogens with zero attached hydrogens (tertiary/aromatic N) is 3. The Morgan fingerprint density at radius 1 is 1.10 bits per heavy atom. The van der Waals surface area contributed by atoms with Crippen molar-refractivity contribution in [1.82, 2.24) is 14.4 Å². The summed E-state index contributed by atoms with van der Waals surface area (Å²) in [6, 6.07) is 8.27. The number of piperazine rings is 1. The van der Waals surface area contributed by atoms with Crippen LogP contribution in [0.4, 0.5) is 0 Å². The maximum atomic E-state index is 12.4. The lowest BCUT2D eigenvalue weighted by Gasteiger charge is -2.32. The molecule has 1 amide bonds. The molecule has 0 bridgehead atoms. The summed E-state index contributed by atoms with van der Waals surface area (Å²) in [5.74, 6) is 0.245. The molecule has 1 saturated heterocycles. The third kappa shape index (κ3) is 2.43. The molecule has 1 fully saturated rings. The summed E-state index contributed by atoms with van der Waals surface area (Å²) in [6.07, 6.45) is 2.59. The quantitative estimate of drug-likeness (QED) is 0.828. The first kappa shape index (κ1) is 13.2. The summed E-state index contributed by atoms with van der Waals surface area (Å²) >= 11 is 0. The SMILES string of the molecule is CN1CCN(C(=O)Cc2cn(C)c3ccccc23)CC1. The molecule has 1 aromatic heterocycles. The first-order chi connectivity index (χ1) is 9.65. The highest BCUT2D eigenvalue weighted by atomic mass is 16.2. The van der Waals surface area contributed by atoms with E-state index in [1.807, 2.05) is 24.1 Å². The van der Waals surface area contributed by atoms with Crippen molar-refractivity contribution in [2.45, 2.75) is 6.42 Å². The van der Waals surface area contributed by atoms with Gasteiger partial charge in [-0.25, -0.2) is 0 Å². The molecule has 20 heavy (non-hydrogen) atoms. The van der Waals surface area contributed by atoms with E-state index in [2.05, 4.69) is 34.8 Å². The van der Waals surface area contributed by atoms with Crippen molar-refractivity contribution in [3.63, 3.8) is 0 Å². The molecule has 4 nitrogen and oxygen atoms in total. The summed E-state index contributed by atoms with van der Waals surface area (Å²) in [5.41, 5.74) is 2.32. The molecule has 0 N–H and O–H groups in total. The fourth-order valence-corrected chi connectivity index (χ4v) is 2.90. The number of aromatic nitrogens is 1. The second-order valence-corrected chi connectivity index (χ2v) is 5.64. The number of carbonyl (C=O) groups excluding carboxylic acids is 1. The van der Waals surface area contributed by atoms with Gasteiger partial charge in [-0.05, 0) is 18.7 Å². The van der Waals surface area contributed by atoms with Crippen LogP contribution >= 0.6 is 0 Å². The molecule has 0 spiro atoms. The number of amides is 1. The van der Waals surface area contributed by atoms with Gasteiger partial charge < -0.3 is 14.4 Å². The second kappa shape index (κ2) is 5.29. The molecule has 1 aromatic carbocycles. The molecule has 0 atom stereocenters. The van der Waals surface area contributed by atoms with Crippen molar-refractivity contribution in [3.8, 4) is 0 Å². The highest BCUT2D eigenvalue weighted by Crippen LogP contribution is 2.21. The minimum Gasteiger partial charge on any atom is -0.350 e. The highest BCUT2D eigenvalue weighted by molar-refractivity contribution is 5.89. The van der Waals surface area contributed by atoms with Crippen LogP contribution in [0.2, 0.25) is 0 Å². The van der Waals surface area contributed by atoms with Crippen molar-refractivity contribution >= 4 is 16.8 Å². The van der Waals surface area contributed by atoms with Gasteiger partial charge in [-0.1, -0.05) is 18.2 Å². The van der Waals surface area contributed by atoms with E-state index in [1.165, 1.54) is 10.9 Å². The molecule has 106 valence electrons. The van der Waals surface area contributed by atoms with Crippen LogP contribution in [0.5, 0.6) is 0 Å². The van der Waals surface area contributed by atoms with Crippen molar-refractivity contribution in [3.05, 3.63) is 36.0 Å². The highest BCUT2D eigenvalue weighted by Gasteiger charge is 2.20. The summed E-state index contributed by atoms with van der Waals surface area (Å²) in [5, 5.41) is 1.19. The lowest BCUT2D eigenvalue weighted by atomic mass is 10.1. The third-order valence-electron chi connectivity index (χ3n) is 4.18. The Balaban J connectivity index is 1.78. The maximum Gasteiger partial charge on any atom is 0.227 e. The van der Waals surface area contributed by atoms with E-state index < -0.39 is 0 Å². The van der Waals surface area contributed by atoms with Crippen LogP contribution in [0.3, 0.4) is 0 Å².